The van der Waals surface area contributed by atoms with Crippen molar-refractivity contribution in [2.45, 2.75) is 212 Å². The average molecular weight is 931 g/mol. The lowest BCUT2D eigenvalue weighted by molar-refractivity contribution is -0.140. The first kappa shape index (κ1) is 56.4. The van der Waals surface area contributed by atoms with Gasteiger partial charge in [0.2, 0.25) is 0 Å². The fourth-order valence-electron chi connectivity index (χ4n) is 9.93. The van der Waals surface area contributed by atoms with Gasteiger partial charge in [0.05, 0.1) is 26.4 Å². The Labute approximate surface area is 386 Å². The van der Waals surface area contributed by atoms with Crippen molar-refractivity contribution in [1.29, 1.82) is 0 Å². The molecule has 14 heteroatoms. The Morgan fingerprint density at radius 3 is 1.41 bits per heavy atom. The Bertz CT molecular complexity index is 1150. The van der Waals surface area contributed by atoms with Crippen LogP contribution in [0, 0.1) is 23.7 Å². The third-order valence-corrected chi connectivity index (χ3v) is 19.5. The molecule has 0 bridgehead atoms. The first-order chi connectivity index (χ1) is 30.8. The van der Waals surface area contributed by atoms with Gasteiger partial charge in [-0.25, -0.2) is 0 Å². The van der Waals surface area contributed by atoms with E-state index in [1.54, 1.807) is 28.4 Å². The quantitative estimate of drug-likeness (QED) is 0.0328. The lowest BCUT2D eigenvalue weighted by atomic mass is 9.61. The first-order valence-corrected chi connectivity index (χ1v) is 29.7. The van der Waals surface area contributed by atoms with E-state index in [2.05, 4.69) is 13.8 Å². The zero-order chi connectivity index (χ0) is 45.4. The van der Waals surface area contributed by atoms with Crippen LogP contribution in [0.15, 0.2) is 0 Å². The van der Waals surface area contributed by atoms with Crippen molar-refractivity contribution < 1.29 is 55.1 Å². The van der Waals surface area contributed by atoms with E-state index >= 15 is 0 Å². The zero-order valence-corrected chi connectivity index (χ0v) is 43.1. The van der Waals surface area contributed by atoms with Gasteiger partial charge >= 0.3 is 17.6 Å². The molecule has 0 aromatic heterocycles. The molecule has 2 aliphatic heterocycles. The van der Waals surface area contributed by atoms with Gasteiger partial charge in [-0.15, -0.1) is 0 Å². The highest BCUT2D eigenvalue weighted by Crippen LogP contribution is 2.48. The number of unbranched alkanes of at least 4 members (excludes halogenated alkanes) is 13. The van der Waals surface area contributed by atoms with Gasteiger partial charge in [-0.3, -0.25) is 9.59 Å². The summed E-state index contributed by atoms with van der Waals surface area (Å²) < 4.78 is 56.2. The van der Waals surface area contributed by atoms with Crippen LogP contribution < -0.4 is 0 Å². The summed E-state index contributed by atoms with van der Waals surface area (Å²) >= 11 is 0. The predicted octanol–water partition coefficient (Wildman–Crippen LogP) is 11.4. The molecule has 3 rings (SSSR count). The van der Waals surface area contributed by atoms with E-state index in [0.717, 1.165) is 81.6 Å². The molecule has 3 fully saturated rings. The summed E-state index contributed by atoms with van der Waals surface area (Å²) in [5, 5.41) is 0. The normalized spacial score (nSPS) is 21.7. The highest BCUT2D eigenvalue weighted by Gasteiger charge is 2.44. The van der Waals surface area contributed by atoms with Crippen molar-refractivity contribution in [2.24, 2.45) is 23.7 Å². The summed E-state index contributed by atoms with van der Waals surface area (Å²) in [6.45, 7) is 8.49. The second-order valence-corrected chi connectivity index (χ2v) is 24.6. The maximum atomic E-state index is 12.9. The fourth-order valence-corrected chi connectivity index (χ4v) is 13.7. The highest BCUT2D eigenvalue weighted by molar-refractivity contribution is 6.62. The standard InChI is InChI=1S/C49H94O12Si2/c1-7-9-11-13-20-28-46-42(26-18-10-8-2)32-33-43(27-19-16-17-23-31-49(51)60-62(52-3,53-4)36-24-34-56-38-45-41-59-45)47(46)29-21-14-12-15-22-30-48(50)61-63(54-5,55-6)37-25-35-58-44-39-57-40-44/h42-47H,7-41H2,1-6H3. The largest absolute Gasteiger partial charge is 0.567 e. The summed E-state index contributed by atoms with van der Waals surface area (Å²) in [5.41, 5.74) is 0. The number of rotatable bonds is 42. The van der Waals surface area contributed by atoms with Gasteiger partial charge in [0.25, 0.3) is 11.9 Å². The molecule has 2 saturated heterocycles. The Morgan fingerprint density at radius 1 is 0.524 bits per heavy atom. The maximum Gasteiger partial charge on any atom is 0.567 e. The second-order valence-electron chi connectivity index (χ2n) is 18.8. The molecule has 0 amide bonds. The molecule has 3 aliphatic rings. The van der Waals surface area contributed by atoms with Gasteiger partial charge in [0.15, 0.2) is 0 Å². The van der Waals surface area contributed by atoms with Crippen molar-refractivity contribution in [1.82, 2.24) is 0 Å². The molecule has 0 aromatic rings. The number of carbonyl (C=O) groups is 2. The van der Waals surface area contributed by atoms with Gasteiger partial charge in [-0.1, -0.05) is 123 Å². The summed E-state index contributed by atoms with van der Waals surface area (Å²) in [5.74, 6) is 2.90. The molecule has 0 N–H and O–H groups in total. The number of carbonyl (C=O) groups excluding carboxylic acids is 2. The Hall–Kier alpha value is -0.946. The molecule has 63 heavy (non-hydrogen) atoms. The van der Waals surface area contributed by atoms with Crippen LogP contribution in [0.4, 0.5) is 0 Å². The van der Waals surface area contributed by atoms with E-state index in [1.807, 2.05) is 0 Å². The molecule has 0 radical (unpaired) electrons. The summed E-state index contributed by atoms with van der Waals surface area (Å²) in [4.78, 5) is 25.8. The predicted molar refractivity (Wildman–Crippen MR) is 252 cm³/mol. The lowest BCUT2D eigenvalue weighted by Crippen LogP contribution is -2.46. The molecule has 12 nitrogen and oxygen atoms in total. The van der Waals surface area contributed by atoms with E-state index in [1.165, 1.54) is 109 Å². The SMILES string of the molecule is CCCCCCCC1C(CCCCC)CCC(CCCCCCC(=O)O[Si](CCCOCC2CO2)(OC)OC)C1CCCCCCCC(=O)O[Si](CCCOC1COC1)(OC)OC. The van der Waals surface area contributed by atoms with Crippen molar-refractivity contribution in [2.75, 3.05) is 68.1 Å². The topological polar surface area (TPSA) is 130 Å². The van der Waals surface area contributed by atoms with Gasteiger partial charge in [-0.05, 0) is 75.0 Å². The van der Waals surface area contributed by atoms with Crippen molar-refractivity contribution in [3.63, 3.8) is 0 Å². The summed E-state index contributed by atoms with van der Waals surface area (Å²) in [6, 6.07) is 1.11. The van der Waals surface area contributed by atoms with E-state index in [-0.39, 0.29) is 24.1 Å². The molecular weight excluding hydrogens is 837 g/mol. The van der Waals surface area contributed by atoms with E-state index in [0.29, 0.717) is 58.0 Å². The molecule has 0 aromatic carbocycles. The van der Waals surface area contributed by atoms with Gasteiger partial charge in [-0.2, -0.15) is 0 Å². The smallest absolute Gasteiger partial charge is 0.473 e. The third kappa shape index (κ3) is 23.6. The molecule has 370 valence electrons. The van der Waals surface area contributed by atoms with Crippen LogP contribution in [0.25, 0.3) is 0 Å². The van der Waals surface area contributed by atoms with Crippen LogP contribution >= 0.6 is 0 Å². The van der Waals surface area contributed by atoms with Crippen LogP contribution in [-0.4, -0.2) is 110 Å². The average Bonchev–Trinajstić information content (AvgIpc) is 4.11. The Morgan fingerprint density at radius 2 is 0.952 bits per heavy atom. The minimum absolute atomic E-state index is 0.177. The fraction of sp³-hybridized carbons (Fsp3) is 0.959. The monoisotopic (exact) mass is 931 g/mol. The molecule has 2 heterocycles. The number of ether oxygens (including phenoxy) is 4. The first-order valence-electron chi connectivity index (χ1n) is 25.8. The second kappa shape index (κ2) is 34.4. The van der Waals surface area contributed by atoms with Gasteiger partial charge in [0.1, 0.15) is 12.2 Å². The van der Waals surface area contributed by atoms with Crippen molar-refractivity contribution in [3.8, 4) is 0 Å². The number of epoxide rings is 1. The highest BCUT2D eigenvalue weighted by atomic mass is 28.4. The van der Waals surface area contributed by atoms with Crippen molar-refractivity contribution >= 4 is 29.5 Å². The Kier molecular flexibility index (Phi) is 30.7. The molecule has 1 saturated carbocycles. The van der Waals surface area contributed by atoms with E-state index in [4.69, 9.17) is 45.5 Å². The van der Waals surface area contributed by atoms with Gasteiger partial charge in [0, 0.05) is 66.6 Å². The number of hydrogen-bond acceptors (Lipinski definition) is 12. The maximum absolute atomic E-state index is 12.9. The minimum Gasteiger partial charge on any atom is -0.473 e. The minimum atomic E-state index is -3.05. The van der Waals surface area contributed by atoms with Crippen LogP contribution in [0.1, 0.15) is 187 Å². The molecule has 5 atom stereocenters. The van der Waals surface area contributed by atoms with Crippen LogP contribution in [-0.2, 0) is 55.1 Å². The van der Waals surface area contributed by atoms with Crippen LogP contribution in [0.5, 0.6) is 0 Å². The lowest BCUT2D eigenvalue weighted by Gasteiger charge is -2.44. The Balaban J connectivity index is 1.44. The van der Waals surface area contributed by atoms with Gasteiger partial charge < -0.3 is 45.5 Å². The molecule has 0 spiro atoms. The van der Waals surface area contributed by atoms with Crippen LogP contribution in [0.3, 0.4) is 0 Å². The van der Waals surface area contributed by atoms with E-state index < -0.39 is 17.6 Å². The summed E-state index contributed by atoms with van der Waals surface area (Å²) in [7, 11) is 0.220. The number of hydrogen-bond donors (Lipinski definition) is 0. The molecular formula is C49H94O12Si2. The van der Waals surface area contributed by atoms with E-state index in [9.17, 15) is 9.59 Å². The zero-order valence-electron chi connectivity index (χ0n) is 41.1. The third-order valence-electron chi connectivity index (χ3n) is 14.0. The molecule has 1 aliphatic carbocycles. The summed E-state index contributed by atoms with van der Waals surface area (Å²) in [6.07, 6.45) is 31.5. The van der Waals surface area contributed by atoms with Crippen LogP contribution in [0.2, 0.25) is 12.1 Å². The van der Waals surface area contributed by atoms with Crippen molar-refractivity contribution in [3.05, 3.63) is 0 Å². The molecule has 5 unspecified atom stereocenters.